The van der Waals surface area contributed by atoms with Crippen LogP contribution in [0.4, 0.5) is 17.1 Å². The SMILES string of the molecule is CC1(C)c2ccccc2-c2ccc(N(c3ccc(-c4ccc5c(c4)-c4ccccc4C54C5CC6CC(C5)CC4C6)cc3)c3ccc(-c4cccc5c4oc4ccccc45)cc3)cc21. The van der Waals surface area contributed by atoms with Gasteiger partial charge in [0.15, 0.2) is 0 Å². The van der Waals surface area contributed by atoms with Crippen LogP contribution in [0.5, 0.6) is 0 Å². The molecule has 2 heteroatoms. The van der Waals surface area contributed by atoms with Gasteiger partial charge < -0.3 is 9.32 Å². The molecule has 4 bridgehead atoms. The summed E-state index contributed by atoms with van der Waals surface area (Å²) in [5.74, 6) is 3.45. The van der Waals surface area contributed by atoms with Crippen molar-refractivity contribution < 1.29 is 4.42 Å². The van der Waals surface area contributed by atoms with E-state index >= 15 is 0 Å². The van der Waals surface area contributed by atoms with E-state index in [0.717, 1.165) is 73.8 Å². The Labute approximate surface area is 369 Å². The Morgan fingerprint density at radius 3 is 1.71 bits per heavy atom. The van der Waals surface area contributed by atoms with Gasteiger partial charge in [0.1, 0.15) is 11.2 Å². The third-order valence-corrected chi connectivity index (χ3v) is 16.7. The van der Waals surface area contributed by atoms with Crippen LogP contribution in [0.3, 0.4) is 0 Å². The van der Waals surface area contributed by atoms with Crippen molar-refractivity contribution in [1.82, 2.24) is 0 Å². The molecule has 8 aromatic carbocycles. The quantitative estimate of drug-likeness (QED) is 0.172. The molecule has 63 heavy (non-hydrogen) atoms. The molecule has 1 heterocycles. The van der Waals surface area contributed by atoms with Gasteiger partial charge in [-0.25, -0.2) is 0 Å². The highest BCUT2D eigenvalue weighted by atomic mass is 16.3. The summed E-state index contributed by atoms with van der Waals surface area (Å²) in [5, 5.41) is 2.30. The van der Waals surface area contributed by atoms with E-state index in [0.29, 0.717) is 0 Å². The van der Waals surface area contributed by atoms with Crippen LogP contribution in [0.2, 0.25) is 0 Å². The van der Waals surface area contributed by atoms with Gasteiger partial charge in [-0.1, -0.05) is 141 Å². The summed E-state index contributed by atoms with van der Waals surface area (Å²) in [6, 6.07) is 66.2. The molecule has 15 rings (SSSR count). The number of para-hydroxylation sites is 2. The highest BCUT2D eigenvalue weighted by Gasteiger charge is 2.61. The minimum atomic E-state index is -0.103. The lowest BCUT2D eigenvalue weighted by atomic mass is 9.43. The molecule has 0 radical (unpaired) electrons. The number of fused-ring (bicyclic) bond motifs is 9. The molecule has 9 aromatic rings. The third kappa shape index (κ3) is 4.95. The lowest BCUT2D eigenvalue weighted by Gasteiger charge is -2.61. The van der Waals surface area contributed by atoms with Gasteiger partial charge in [0, 0.05) is 44.2 Å². The van der Waals surface area contributed by atoms with Crippen LogP contribution in [0.1, 0.15) is 68.2 Å². The van der Waals surface area contributed by atoms with Gasteiger partial charge in [-0.05, 0) is 166 Å². The standard InChI is InChI=1S/C61H49NO/c1-60(2)54-15-6-3-10-48(54)50-28-27-46(36-57(50)60)62(45-25-20-40(21-26-45)47-13-9-14-52-51-12-5-8-17-58(51)63-59(47)52)44-23-18-39(19-24-44)41-22-29-56-53(35-41)49-11-4-7-16-55(49)61(56)42-31-37-30-38(33-42)34-43(61)32-37/h3-29,35-38,42-43H,30-34H2,1-2H3. The molecule has 1 aromatic heterocycles. The fraction of sp³-hybridized carbons (Fsp3) is 0.213. The first-order valence-electron chi connectivity index (χ1n) is 23.3. The highest BCUT2D eigenvalue weighted by molar-refractivity contribution is 6.09. The number of anilines is 3. The Balaban J connectivity index is 0.863. The molecule has 1 spiro atoms. The van der Waals surface area contributed by atoms with Crippen molar-refractivity contribution in [2.24, 2.45) is 23.7 Å². The molecule has 6 aliphatic rings. The molecule has 4 fully saturated rings. The van der Waals surface area contributed by atoms with Crippen LogP contribution >= 0.6 is 0 Å². The summed E-state index contributed by atoms with van der Waals surface area (Å²) < 4.78 is 6.47. The molecule has 4 saturated carbocycles. The van der Waals surface area contributed by atoms with Crippen molar-refractivity contribution in [3.8, 4) is 44.5 Å². The summed E-state index contributed by atoms with van der Waals surface area (Å²) >= 11 is 0. The van der Waals surface area contributed by atoms with Crippen LogP contribution in [-0.4, -0.2) is 0 Å². The zero-order valence-corrected chi connectivity index (χ0v) is 35.9. The number of benzene rings is 8. The predicted molar refractivity (Wildman–Crippen MR) is 260 cm³/mol. The molecule has 6 aliphatic carbocycles. The predicted octanol–water partition coefficient (Wildman–Crippen LogP) is 16.4. The summed E-state index contributed by atoms with van der Waals surface area (Å²) in [6.07, 6.45) is 7.13. The second-order valence-corrected chi connectivity index (χ2v) is 20.1. The van der Waals surface area contributed by atoms with Crippen molar-refractivity contribution in [2.45, 2.75) is 56.8 Å². The average molecular weight is 812 g/mol. The molecular formula is C61H49NO. The fourth-order valence-electron chi connectivity index (χ4n) is 14.2. The van der Waals surface area contributed by atoms with Gasteiger partial charge in [0.2, 0.25) is 0 Å². The van der Waals surface area contributed by atoms with Crippen molar-refractivity contribution in [3.63, 3.8) is 0 Å². The summed E-state index contributed by atoms with van der Waals surface area (Å²) in [7, 11) is 0. The molecule has 0 unspecified atom stereocenters. The largest absolute Gasteiger partial charge is 0.455 e. The number of furan rings is 1. The van der Waals surface area contributed by atoms with Crippen LogP contribution < -0.4 is 4.90 Å². The zero-order valence-electron chi connectivity index (χ0n) is 35.9. The van der Waals surface area contributed by atoms with E-state index in [1.165, 1.54) is 76.6 Å². The fourth-order valence-corrected chi connectivity index (χ4v) is 14.2. The van der Waals surface area contributed by atoms with Gasteiger partial charge in [-0.2, -0.15) is 0 Å². The third-order valence-electron chi connectivity index (χ3n) is 16.7. The van der Waals surface area contributed by atoms with Gasteiger partial charge in [0.25, 0.3) is 0 Å². The van der Waals surface area contributed by atoms with E-state index in [1.54, 1.807) is 11.1 Å². The number of rotatable bonds is 5. The van der Waals surface area contributed by atoms with Crippen molar-refractivity contribution in [1.29, 1.82) is 0 Å². The Morgan fingerprint density at radius 1 is 0.413 bits per heavy atom. The van der Waals surface area contributed by atoms with Gasteiger partial charge in [-0.3, -0.25) is 0 Å². The van der Waals surface area contributed by atoms with E-state index in [1.807, 2.05) is 6.07 Å². The lowest BCUT2D eigenvalue weighted by Crippen LogP contribution is -2.55. The maximum atomic E-state index is 6.47. The van der Waals surface area contributed by atoms with Crippen LogP contribution in [-0.2, 0) is 10.8 Å². The minimum absolute atomic E-state index is 0.103. The molecule has 2 nitrogen and oxygen atoms in total. The first kappa shape index (κ1) is 35.9. The number of hydrogen-bond acceptors (Lipinski definition) is 2. The van der Waals surface area contributed by atoms with Gasteiger partial charge >= 0.3 is 0 Å². The monoisotopic (exact) mass is 811 g/mol. The second-order valence-electron chi connectivity index (χ2n) is 20.1. The van der Waals surface area contributed by atoms with E-state index in [2.05, 4.69) is 189 Å². The van der Waals surface area contributed by atoms with Crippen LogP contribution in [0, 0.1) is 23.7 Å². The minimum Gasteiger partial charge on any atom is -0.455 e. The summed E-state index contributed by atoms with van der Waals surface area (Å²) in [4.78, 5) is 2.43. The second kappa shape index (κ2) is 13.0. The van der Waals surface area contributed by atoms with E-state index in [4.69, 9.17) is 4.42 Å². The zero-order chi connectivity index (χ0) is 41.6. The van der Waals surface area contributed by atoms with Crippen molar-refractivity contribution in [2.75, 3.05) is 4.90 Å². The molecular weight excluding hydrogens is 763 g/mol. The maximum absolute atomic E-state index is 6.47. The maximum Gasteiger partial charge on any atom is 0.143 e. The molecule has 0 N–H and O–H groups in total. The Morgan fingerprint density at radius 2 is 0.968 bits per heavy atom. The van der Waals surface area contributed by atoms with Gasteiger partial charge in [-0.15, -0.1) is 0 Å². The van der Waals surface area contributed by atoms with Crippen molar-refractivity contribution in [3.05, 3.63) is 198 Å². The molecule has 0 saturated heterocycles. The summed E-state index contributed by atoms with van der Waals surface area (Å²) in [6.45, 7) is 4.74. The van der Waals surface area contributed by atoms with E-state index in [9.17, 15) is 0 Å². The topological polar surface area (TPSA) is 16.4 Å². The Hall–Kier alpha value is -6.64. The highest BCUT2D eigenvalue weighted by Crippen LogP contribution is 2.69. The summed E-state index contributed by atoms with van der Waals surface area (Å²) in [5.41, 5.74) is 21.8. The smallest absolute Gasteiger partial charge is 0.143 e. The van der Waals surface area contributed by atoms with E-state index < -0.39 is 0 Å². The molecule has 0 amide bonds. The molecule has 304 valence electrons. The van der Waals surface area contributed by atoms with Crippen LogP contribution in [0.25, 0.3) is 66.4 Å². The molecule has 0 aliphatic heterocycles. The lowest BCUT2D eigenvalue weighted by molar-refractivity contribution is -0.0399. The first-order valence-corrected chi connectivity index (χ1v) is 23.3. The van der Waals surface area contributed by atoms with Crippen molar-refractivity contribution >= 4 is 39.0 Å². The first-order chi connectivity index (χ1) is 30.9. The molecule has 0 atom stereocenters. The van der Waals surface area contributed by atoms with Gasteiger partial charge in [0.05, 0.1) is 0 Å². The van der Waals surface area contributed by atoms with E-state index in [-0.39, 0.29) is 10.8 Å². The number of nitrogens with zero attached hydrogens (tertiary/aromatic N) is 1. The number of hydrogen-bond donors (Lipinski definition) is 0. The normalized spacial score (nSPS) is 23.0. The van der Waals surface area contributed by atoms with Crippen LogP contribution in [0.15, 0.2) is 180 Å². The Bertz CT molecular complexity index is 3300. The average Bonchev–Trinajstić information content (AvgIpc) is 3.92. The Kier molecular flexibility index (Phi) is 7.38.